The summed E-state index contributed by atoms with van der Waals surface area (Å²) < 4.78 is 13.1. The fraction of sp³-hybridized carbons (Fsp3) is 0.471. The van der Waals surface area contributed by atoms with Crippen LogP contribution in [0.15, 0.2) is 24.3 Å². The summed E-state index contributed by atoms with van der Waals surface area (Å²) in [5.74, 6) is -1.61. The van der Waals surface area contributed by atoms with E-state index in [1.807, 2.05) is 0 Å². The van der Waals surface area contributed by atoms with Gasteiger partial charge in [0.1, 0.15) is 5.82 Å². The molecule has 1 aliphatic heterocycles. The largest absolute Gasteiger partial charge is 0.481 e. The summed E-state index contributed by atoms with van der Waals surface area (Å²) >= 11 is 0. The third kappa shape index (κ3) is 5.33. The molecule has 0 spiro atoms. The van der Waals surface area contributed by atoms with Crippen molar-refractivity contribution in [2.45, 2.75) is 50.6 Å². The smallest absolute Gasteiger partial charge is 0.303 e. The molecular weight excluding hydrogens is 315 g/mol. The van der Waals surface area contributed by atoms with Crippen molar-refractivity contribution in [1.82, 2.24) is 10.6 Å². The second-order valence-corrected chi connectivity index (χ2v) is 6.13. The number of carbonyl (C=O) groups is 3. The molecule has 0 saturated carbocycles. The zero-order chi connectivity index (χ0) is 17.6. The summed E-state index contributed by atoms with van der Waals surface area (Å²) in [6.07, 6.45) is 1.72. The minimum atomic E-state index is -0.925. The van der Waals surface area contributed by atoms with Crippen molar-refractivity contribution in [3.05, 3.63) is 35.6 Å². The first-order valence-electron chi connectivity index (χ1n) is 7.92. The van der Waals surface area contributed by atoms with Gasteiger partial charge in [0.2, 0.25) is 11.8 Å². The van der Waals surface area contributed by atoms with Crippen molar-refractivity contribution < 1.29 is 23.9 Å². The number of aliphatic carboxylic acids is 1. The first-order chi connectivity index (χ1) is 11.4. The minimum absolute atomic E-state index is 0.0504. The lowest BCUT2D eigenvalue weighted by Crippen LogP contribution is -2.43. The molecule has 1 fully saturated rings. The molecule has 6 nitrogen and oxygen atoms in total. The molecule has 1 heterocycles. The first-order valence-corrected chi connectivity index (χ1v) is 7.92. The average Bonchev–Trinajstić information content (AvgIpc) is 2.91. The summed E-state index contributed by atoms with van der Waals surface area (Å²) in [6.45, 7) is 0.227. The Kier molecular flexibility index (Phi) is 5.89. The van der Waals surface area contributed by atoms with Gasteiger partial charge < -0.3 is 15.7 Å². The van der Waals surface area contributed by atoms with Crippen LogP contribution in [0.1, 0.15) is 44.1 Å². The maximum atomic E-state index is 13.1. The van der Waals surface area contributed by atoms with Gasteiger partial charge in [-0.15, -0.1) is 0 Å². The Morgan fingerprint density at radius 3 is 2.67 bits per heavy atom. The molecule has 2 rings (SSSR count). The number of carboxylic acid groups (broad SMARTS) is 1. The van der Waals surface area contributed by atoms with Crippen LogP contribution in [0.4, 0.5) is 4.39 Å². The summed E-state index contributed by atoms with van der Waals surface area (Å²) in [7, 11) is 0. The molecule has 0 aliphatic carbocycles. The highest BCUT2D eigenvalue weighted by Gasteiger charge is 2.37. The fourth-order valence-corrected chi connectivity index (χ4v) is 2.91. The van der Waals surface area contributed by atoms with Crippen LogP contribution in [0.25, 0.3) is 0 Å². The second-order valence-electron chi connectivity index (χ2n) is 6.13. The van der Waals surface area contributed by atoms with E-state index in [0.717, 1.165) is 0 Å². The molecule has 0 aromatic heterocycles. The number of halogens is 1. The van der Waals surface area contributed by atoms with E-state index in [2.05, 4.69) is 10.6 Å². The Morgan fingerprint density at radius 1 is 1.29 bits per heavy atom. The summed E-state index contributed by atoms with van der Waals surface area (Å²) in [5.41, 5.74) is 0.0455. The van der Waals surface area contributed by atoms with Crippen molar-refractivity contribution in [3.8, 4) is 0 Å². The third-order valence-corrected chi connectivity index (χ3v) is 4.26. The number of rotatable bonds is 8. The standard InChI is InChI=1S/C17H21FN2O4/c18-13-3-1-2-12(10-13)11-19-14(21)4-7-17(9-6-16(23)24)8-5-15(22)20-17/h1-3,10H,4-9,11H2,(H,19,21)(H,20,22)(H,23,24)/t17-/m0/s1. The lowest BCUT2D eigenvalue weighted by Gasteiger charge is -2.28. The van der Waals surface area contributed by atoms with Crippen molar-refractivity contribution >= 4 is 17.8 Å². The lowest BCUT2D eigenvalue weighted by atomic mass is 9.86. The van der Waals surface area contributed by atoms with Gasteiger partial charge >= 0.3 is 5.97 Å². The van der Waals surface area contributed by atoms with Gasteiger partial charge in [-0.3, -0.25) is 14.4 Å². The Balaban J connectivity index is 1.83. The Labute approximate surface area is 139 Å². The van der Waals surface area contributed by atoms with Gasteiger partial charge in [0.25, 0.3) is 0 Å². The van der Waals surface area contributed by atoms with Gasteiger partial charge in [-0.1, -0.05) is 12.1 Å². The van der Waals surface area contributed by atoms with Gasteiger partial charge in [0, 0.05) is 31.3 Å². The van der Waals surface area contributed by atoms with E-state index >= 15 is 0 Å². The van der Waals surface area contributed by atoms with Gasteiger partial charge in [-0.05, 0) is 37.0 Å². The van der Waals surface area contributed by atoms with Crippen LogP contribution < -0.4 is 10.6 Å². The zero-order valence-corrected chi connectivity index (χ0v) is 13.3. The Bertz CT molecular complexity index is 635. The summed E-state index contributed by atoms with van der Waals surface area (Å²) in [4.78, 5) is 34.3. The van der Waals surface area contributed by atoms with Crippen LogP contribution in [0.5, 0.6) is 0 Å². The number of carbonyl (C=O) groups excluding carboxylic acids is 2. The van der Waals surface area contributed by atoms with E-state index in [9.17, 15) is 18.8 Å². The number of amides is 2. The Hall–Kier alpha value is -2.44. The predicted molar refractivity (Wildman–Crippen MR) is 84.5 cm³/mol. The number of nitrogens with one attached hydrogen (secondary N) is 2. The minimum Gasteiger partial charge on any atom is -0.481 e. The van der Waals surface area contributed by atoms with Crippen LogP contribution in [0, 0.1) is 5.82 Å². The number of hydrogen-bond acceptors (Lipinski definition) is 3. The molecule has 0 bridgehead atoms. The van der Waals surface area contributed by atoms with E-state index in [0.29, 0.717) is 31.2 Å². The molecule has 1 aromatic carbocycles. The van der Waals surface area contributed by atoms with Crippen molar-refractivity contribution in [2.75, 3.05) is 0 Å². The summed E-state index contributed by atoms with van der Waals surface area (Å²) in [6, 6.07) is 5.98. The van der Waals surface area contributed by atoms with Crippen LogP contribution in [-0.4, -0.2) is 28.4 Å². The highest BCUT2D eigenvalue weighted by atomic mass is 19.1. The highest BCUT2D eigenvalue weighted by Crippen LogP contribution is 2.30. The van der Waals surface area contributed by atoms with E-state index in [1.165, 1.54) is 12.1 Å². The lowest BCUT2D eigenvalue weighted by molar-refractivity contribution is -0.137. The molecule has 1 saturated heterocycles. The quantitative estimate of drug-likeness (QED) is 0.674. The average molecular weight is 336 g/mol. The molecule has 130 valence electrons. The normalized spacial score (nSPS) is 19.8. The first kappa shape index (κ1) is 17.9. The van der Waals surface area contributed by atoms with Crippen LogP contribution >= 0.6 is 0 Å². The van der Waals surface area contributed by atoms with E-state index in [1.54, 1.807) is 12.1 Å². The van der Waals surface area contributed by atoms with Gasteiger partial charge in [0.15, 0.2) is 0 Å². The number of carboxylic acids is 1. The molecule has 0 unspecified atom stereocenters. The van der Waals surface area contributed by atoms with Crippen LogP contribution in [0.3, 0.4) is 0 Å². The molecule has 1 aliphatic rings. The topological polar surface area (TPSA) is 95.5 Å². The van der Waals surface area contributed by atoms with Crippen molar-refractivity contribution in [3.63, 3.8) is 0 Å². The van der Waals surface area contributed by atoms with E-state index < -0.39 is 11.5 Å². The third-order valence-electron chi connectivity index (χ3n) is 4.26. The SMILES string of the molecule is O=C(O)CC[C@]1(CCC(=O)NCc2cccc(F)c2)CCC(=O)N1. The fourth-order valence-electron chi connectivity index (χ4n) is 2.91. The molecule has 7 heteroatoms. The molecule has 3 N–H and O–H groups in total. The molecule has 0 radical (unpaired) electrons. The van der Waals surface area contributed by atoms with Crippen molar-refractivity contribution in [1.29, 1.82) is 0 Å². The summed E-state index contributed by atoms with van der Waals surface area (Å²) in [5, 5.41) is 14.4. The highest BCUT2D eigenvalue weighted by molar-refractivity contribution is 5.80. The van der Waals surface area contributed by atoms with Gasteiger partial charge in [-0.25, -0.2) is 4.39 Å². The molecule has 24 heavy (non-hydrogen) atoms. The zero-order valence-electron chi connectivity index (χ0n) is 13.3. The van der Waals surface area contributed by atoms with Gasteiger partial charge in [0.05, 0.1) is 0 Å². The maximum absolute atomic E-state index is 13.1. The molecule has 1 atom stereocenters. The van der Waals surface area contributed by atoms with E-state index in [4.69, 9.17) is 5.11 Å². The Morgan fingerprint density at radius 2 is 2.04 bits per heavy atom. The predicted octanol–water partition coefficient (Wildman–Crippen LogP) is 1.74. The molecule has 1 aromatic rings. The number of hydrogen-bond donors (Lipinski definition) is 3. The second kappa shape index (κ2) is 7.90. The number of benzene rings is 1. The molecule has 2 amide bonds. The monoisotopic (exact) mass is 336 g/mol. The van der Waals surface area contributed by atoms with Crippen LogP contribution in [-0.2, 0) is 20.9 Å². The van der Waals surface area contributed by atoms with Crippen LogP contribution in [0.2, 0.25) is 0 Å². The van der Waals surface area contributed by atoms with Crippen molar-refractivity contribution in [2.24, 2.45) is 0 Å². The van der Waals surface area contributed by atoms with Gasteiger partial charge in [-0.2, -0.15) is 0 Å². The van der Waals surface area contributed by atoms with E-state index in [-0.39, 0.29) is 37.0 Å². The maximum Gasteiger partial charge on any atom is 0.303 e. The molecular formula is C17H21FN2O4.